The topological polar surface area (TPSA) is 58.2 Å². The molecule has 0 saturated carbocycles. The van der Waals surface area contributed by atoms with Gasteiger partial charge in [-0.25, -0.2) is 13.1 Å². The van der Waals surface area contributed by atoms with Crippen molar-refractivity contribution in [3.05, 3.63) is 28.2 Å². The van der Waals surface area contributed by atoms with E-state index >= 15 is 0 Å². The quantitative estimate of drug-likeness (QED) is 0.876. The van der Waals surface area contributed by atoms with Crippen molar-refractivity contribution in [2.75, 3.05) is 19.6 Å². The predicted molar refractivity (Wildman–Crippen MR) is 79.7 cm³/mol. The van der Waals surface area contributed by atoms with Crippen LogP contribution in [0.25, 0.3) is 0 Å². The van der Waals surface area contributed by atoms with Crippen LogP contribution in [-0.2, 0) is 10.0 Å². The summed E-state index contributed by atoms with van der Waals surface area (Å²) in [6.07, 6.45) is 2.19. The molecular formula is C13H19BrN2O2S. The number of aryl methyl sites for hydroxylation is 1. The second-order valence-electron chi connectivity index (χ2n) is 4.98. The molecule has 106 valence electrons. The summed E-state index contributed by atoms with van der Waals surface area (Å²) in [5.41, 5.74) is 0.919. The summed E-state index contributed by atoms with van der Waals surface area (Å²) < 4.78 is 28.0. The summed E-state index contributed by atoms with van der Waals surface area (Å²) in [6.45, 7) is 4.32. The first-order valence-electron chi connectivity index (χ1n) is 6.45. The van der Waals surface area contributed by atoms with Crippen LogP contribution in [0.15, 0.2) is 27.6 Å². The molecule has 0 aromatic heterocycles. The van der Waals surface area contributed by atoms with Gasteiger partial charge in [-0.15, -0.1) is 0 Å². The van der Waals surface area contributed by atoms with E-state index in [2.05, 4.69) is 26.0 Å². The number of hydrogen-bond acceptors (Lipinski definition) is 3. The molecule has 1 fully saturated rings. The molecule has 1 aromatic rings. The van der Waals surface area contributed by atoms with Gasteiger partial charge in [-0.2, -0.15) is 0 Å². The van der Waals surface area contributed by atoms with E-state index < -0.39 is 10.0 Å². The minimum absolute atomic E-state index is 0.331. The van der Waals surface area contributed by atoms with E-state index in [0.29, 0.717) is 17.4 Å². The Morgan fingerprint density at radius 2 is 2.26 bits per heavy atom. The van der Waals surface area contributed by atoms with Crippen molar-refractivity contribution in [1.82, 2.24) is 10.0 Å². The third kappa shape index (κ3) is 4.02. The molecule has 19 heavy (non-hydrogen) atoms. The third-order valence-electron chi connectivity index (χ3n) is 3.40. The number of piperidine rings is 1. The maximum atomic E-state index is 12.2. The maximum Gasteiger partial charge on any atom is 0.240 e. The molecule has 0 spiro atoms. The molecule has 4 nitrogen and oxygen atoms in total. The van der Waals surface area contributed by atoms with Crippen molar-refractivity contribution < 1.29 is 8.42 Å². The van der Waals surface area contributed by atoms with Crippen LogP contribution in [0.1, 0.15) is 18.4 Å². The second kappa shape index (κ2) is 6.35. The fourth-order valence-corrected chi connectivity index (χ4v) is 3.64. The Labute approximate surface area is 123 Å². The fourth-order valence-electron chi connectivity index (χ4n) is 2.19. The van der Waals surface area contributed by atoms with Crippen LogP contribution in [0.4, 0.5) is 0 Å². The van der Waals surface area contributed by atoms with Crippen molar-refractivity contribution in [3.8, 4) is 0 Å². The molecule has 1 saturated heterocycles. The van der Waals surface area contributed by atoms with Gasteiger partial charge >= 0.3 is 0 Å². The lowest BCUT2D eigenvalue weighted by atomic mass is 10.0. The van der Waals surface area contributed by atoms with Gasteiger partial charge in [0.05, 0.1) is 4.90 Å². The van der Waals surface area contributed by atoms with Crippen LogP contribution in [0.2, 0.25) is 0 Å². The highest BCUT2D eigenvalue weighted by atomic mass is 79.9. The molecule has 0 bridgehead atoms. The molecule has 2 rings (SSSR count). The first-order chi connectivity index (χ1) is 8.99. The highest BCUT2D eigenvalue weighted by Gasteiger charge is 2.18. The Hall–Kier alpha value is -0.430. The van der Waals surface area contributed by atoms with E-state index in [-0.39, 0.29) is 0 Å². The van der Waals surface area contributed by atoms with Crippen LogP contribution >= 0.6 is 15.9 Å². The summed E-state index contributed by atoms with van der Waals surface area (Å²) in [5.74, 6) is 0.389. The molecule has 0 amide bonds. The monoisotopic (exact) mass is 346 g/mol. The summed E-state index contributed by atoms with van der Waals surface area (Å²) in [7, 11) is -3.40. The van der Waals surface area contributed by atoms with Crippen molar-refractivity contribution in [3.63, 3.8) is 0 Å². The molecule has 1 aliphatic rings. The third-order valence-corrected chi connectivity index (χ3v) is 5.71. The molecule has 0 aliphatic carbocycles. The van der Waals surface area contributed by atoms with Crippen LogP contribution in [-0.4, -0.2) is 28.1 Å². The molecular weight excluding hydrogens is 328 g/mol. The average Bonchev–Trinajstić information content (AvgIpc) is 2.41. The van der Waals surface area contributed by atoms with Gasteiger partial charge in [0.2, 0.25) is 10.0 Å². The van der Waals surface area contributed by atoms with E-state index in [4.69, 9.17) is 0 Å². The zero-order valence-corrected chi connectivity index (χ0v) is 13.4. The zero-order chi connectivity index (χ0) is 13.9. The fraction of sp³-hybridized carbons (Fsp3) is 0.538. The Morgan fingerprint density at radius 1 is 1.47 bits per heavy atom. The van der Waals surface area contributed by atoms with Gasteiger partial charge < -0.3 is 5.32 Å². The largest absolute Gasteiger partial charge is 0.316 e. The van der Waals surface area contributed by atoms with Crippen LogP contribution in [0, 0.1) is 12.8 Å². The van der Waals surface area contributed by atoms with Gasteiger partial charge in [-0.05, 0) is 62.5 Å². The van der Waals surface area contributed by atoms with Crippen molar-refractivity contribution in [2.45, 2.75) is 24.7 Å². The normalized spacial score (nSPS) is 20.4. The first-order valence-corrected chi connectivity index (χ1v) is 8.73. The first kappa shape index (κ1) is 15.0. The number of rotatable bonds is 4. The minimum atomic E-state index is -3.40. The summed E-state index contributed by atoms with van der Waals surface area (Å²) in [4.78, 5) is 0.331. The highest BCUT2D eigenvalue weighted by molar-refractivity contribution is 9.10. The summed E-state index contributed by atoms with van der Waals surface area (Å²) >= 11 is 3.37. The Morgan fingerprint density at radius 3 is 2.89 bits per heavy atom. The number of sulfonamides is 1. The van der Waals surface area contributed by atoms with Gasteiger partial charge in [-0.3, -0.25) is 0 Å². The van der Waals surface area contributed by atoms with Gasteiger partial charge in [0.15, 0.2) is 0 Å². The maximum absolute atomic E-state index is 12.2. The molecule has 0 unspecified atom stereocenters. The number of benzene rings is 1. The molecule has 1 atom stereocenters. The van der Waals surface area contributed by atoms with Gasteiger partial charge in [0, 0.05) is 11.0 Å². The van der Waals surface area contributed by atoms with Crippen molar-refractivity contribution >= 4 is 26.0 Å². The molecule has 6 heteroatoms. The molecule has 1 aliphatic heterocycles. The summed E-state index contributed by atoms with van der Waals surface area (Å²) in [5, 5.41) is 3.29. The Bertz CT molecular complexity index is 540. The predicted octanol–water partition coefficient (Wildman–Crippen LogP) is 2.04. The SMILES string of the molecule is Cc1cc(S(=O)(=O)NC[C@H]2CCCNC2)ccc1Br. The smallest absolute Gasteiger partial charge is 0.240 e. The van der Waals surface area contributed by atoms with Crippen molar-refractivity contribution in [2.24, 2.45) is 5.92 Å². The zero-order valence-electron chi connectivity index (χ0n) is 10.9. The number of halogens is 1. The van der Waals surface area contributed by atoms with Gasteiger partial charge in [0.1, 0.15) is 0 Å². The van der Waals surface area contributed by atoms with Gasteiger partial charge in [-0.1, -0.05) is 15.9 Å². The average molecular weight is 347 g/mol. The standard InChI is InChI=1S/C13H19BrN2O2S/c1-10-7-12(4-5-13(10)14)19(17,18)16-9-11-3-2-6-15-8-11/h4-5,7,11,15-16H,2-3,6,8-9H2,1H3/t11-/m0/s1. The van der Waals surface area contributed by atoms with E-state index in [1.54, 1.807) is 18.2 Å². The lowest BCUT2D eigenvalue weighted by Crippen LogP contribution is -2.38. The molecule has 1 heterocycles. The lowest BCUT2D eigenvalue weighted by Gasteiger charge is -2.22. The molecule has 0 radical (unpaired) electrons. The van der Waals surface area contributed by atoms with Crippen LogP contribution < -0.4 is 10.0 Å². The minimum Gasteiger partial charge on any atom is -0.316 e. The second-order valence-corrected chi connectivity index (χ2v) is 7.60. The van der Waals surface area contributed by atoms with E-state index in [0.717, 1.165) is 36.0 Å². The molecule has 2 N–H and O–H groups in total. The molecule has 1 aromatic carbocycles. The summed E-state index contributed by atoms with van der Waals surface area (Å²) in [6, 6.07) is 5.08. The van der Waals surface area contributed by atoms with Crippen LogP contribution in [0.5, 0.6) is 0 Å². The van der Waals surface area contributed by atoms with E-state index in [1.165, 1.54) is 0 Å². The number of hydrogen-bond donors (Lipinski definition) is 2. The Kier molecular flexibility index (Phi) is 5.00. The van der Waals surface area contributed by atoms with E-state index in [9.17, 15) is 8.42 Å². The van der Waals surface area contributed by atoms with E-state index in [1.807, 2.05) is 6.92 Å². The highest BCUT2D eigenvalue weighted by Crippen LogP contribution is 2.20. The lowest BCUT2D eigenvalue weighted by molar-refractivity contribution is 0.376. The van der Waals surface area contributed by atoms with Crippen LogP contribution in [0.3, 0.4) is 0 Å². The van der Waals surface area contributed by atoms with Crippen molar-refractivity contribution in [1.29, 1.82) is 0 Å². The number of nitrogens with one attached hydrogen (secondary N) is 2. The Balaban J connectivity index is 2.02. The van der Waals surface area contributed by atoms with Gasteiger partial charge in [0.25, 0.3) is 0 Å².